The van der Waals surface area contributed by atoms with Crippen LogP contribution in [-0.2, 0) is 10.0 Å². The van der Waals surface area contributed by atoms with Gasteiger partial charge in [-0.05, 0) is 37.3 Å². The van der Waals surface area contributed by atoms with Crippen molar-refractivity contribution in [1.82, 2.24) is 9.97 Å². The Kier molecular flexibility index (Phi) is 4.27. The summed E-state index contributed by atoms with van der Waals surface area (Å²) in [6, 6.07) is 10.4. The Hall–Kier alpha value is -2.27. The van der Waals surface area contributed by atoms with E-state index in [0.29, 0.717) is 22.4 Å². The van der Waals surface area contributed by atoms with E-state index in [0.717, 1.165) is 20.7 Å². The molecule has 0 saturated carbocycles. The third kappa shape index (κ3) is 3.23. The lowest BCUT2D eigenvalue weighted by atomic mass is 10.3. The van der Waals surface area contributed by atoms with Gasteiger partial charge in [0.2, 0.25) is 10.0 Å². The molecule has 0 aliphatic carbocycles. The highest BCUT2D eigenvalue weighted by Gasteiger charge is 2.13. The van der Waals surface area contributed by atoms with Crippen LogP contribution in [0.1, 0.15) is 6.92 Å². The molecule has 0 atom stereocenters. The van der Waals surface area contributed by atoms with Gasteiger partial charge in [0.25, 0.3) is 0 Å². The second kappa shape index (κ2) is 6.47. The number of benzene rings is 2. The van der Waals surface area contributed by atoms with Gasteiger partial charge in [-0.15, -0.1) is 0 Å². The number of ether oxygens (including phenoxy) is 1. The van der Waals surface area contributed by atoms with Crippen LogP contribution in [0.2, 0.25) is 0 Å². The molecule has 4 aromatic rings. The number of primary sulfonamides is 1. The van der Waals surface area contributed by atoms with E-state index < -0.39 is 10.0 Å². The molecule has 0 amide bonds. The quantitative estimate of drug-likeness (QED) is 0.523. The molecule has 0 spiro atoms. The number of nitrogens with two attached hydrogens (primary N) is 1. The highest BCUT2D eigenvalue weighted by atomic mass is 32.2. The largest absolute Gasteiger partial charge is 0.492 e. The summed E-state index contributed by atoms with van der Waals surface area (Å²) in [5.74, 6) is 0.747. The van der Waals surface area contributed by atoms with Crippen molar-refractivity contribution < 1.29 is 13.2 Å². The first-order valence-corrected chi connectivity index (χ1v) is 10.8. The SMILES string of the molecule is CCOc1cccc2sc(Nc3nc4ccc(S(N)(=O)=O)cc4s3)nc12. The minimum absolute atomic E-state index is 0.0709. The number of para-hydroxylation sites is 1. The summed E-state index contributed by atoms with van der Waals surface area (Å²) in [6.45, 7) is 2.50. The van der Waals surface area contributed by atoms with Crippen molar-refractivity contribution in [2.75, 3.05) is 11.9 Å². The van der Waals surface area contributed by atoms with Gasteiger partial charge in [0, 0.05) is 0 Å². The van der Waals surface area contributed by atoms with Crippen LogP contribution in [-0.4, -0.2) is 25.0 Å². The molecule has 3 N–H and O–H groups in total. The number of rotatable bonds is 5. The summed E-state index contributed by atoms with van der Waals surface area (Å²) in [7, 11) is -3.74. The van der Waals surface area contributed by atoms with Gasteiger partial charge in [0.1, 0.15) is 11.3 Å². The number of fused-ring (bicyclic) bond motifs is 2. The minimum Gasteiger partial charge on any atom is -0.492 e. The van der Waals surface area contributed by atoms with Crippen LogP contribution in [0.5, 0.6) is 5.75 Å². The van der Waals surface area contributed by atoms with Gasteiger partial charge in [-0.3, -0.25) is 0 Å². The molecule has 0 fully saturated rings. The van der Waals surface area contributed by atoms with Crippen molar-refractivity contribution in [3.05, 3.63) is 36.4 Å². The van der Waals surface area contributed by atoms with Gasteiger partial charge in [-0.2, -0.15) is 0 Å². The maximum atomic E-state index is 11.5. The first-order chi connectivity index (χ1) is 12.4. The molecule has 2 aromatic heterocycles. The molecule has 0 aliphatic rings. The van der Waals surface area contributed by atoms with Crippen LogP contribution in [0.3, 0.4) is 0 Å². The smallest absolute Gasteiger partial charge is 0.238 e. The third-order valence-electron chi connectivity index (χ3n) is 3.58. The molecule has 0 bridgehead atoms. The lowest BCUT2D eigenvalue weighted by Crippen LogP contribution is -2.11. The van der Waals surface area contributed by atoms with Crippen molar-refractivity contribution in [2.45, 2.75) is 11.8 Å². The number of hydrogen-bond donors (Lipinski definition) is 2. The Balaban J connectivity index is 1.68. The Morgan fingerprint density at radius 3 is 2.65 bits per heavy atom. The maximum Gasteiger partial charge on any atom is 0.238 e. The predicted molar refractivity (Wildman–Crippen MR) is 105 cm³/mol. The fourth-order valence-electron chi connectivity index (χ4n) is 2.48. The molecule has 4 rings (SSSR count). The second-order valence-electron chi connectivity index (χ2n) is 5.37. The highest BCUT2D eigenvalue weighted by Crippen LogP contribution is 2.35. The van der Waals surface area contributed by atoms with E-state index in [1.165, 1.54) is 34.8 Å². The zero-order valence-corrected chi connectivity index (χ0v) is 16.0. The van der Waals surface area contributed by atoms with E-state index in [1.54, 1.807) is 6.07 Å². The lowest BCUT2D eigenvalue weighted by Gasteiger charge is -2.01. The Morgan fingerprint density at radius 2 is 1.88 bits per heavy atom. The van der Waals surface area contributed by atoms with Crippen LogP contribution in [0, 0.1) is 0 Å². The molecule has 7 nitrogen and oxygen atoms in total. The average Bonchev–Trinajstić information content (AvgIpc) is 3.17. The van der Waals surface area contributed by atoms with Gasteiger partial charge < -0.3 is 10.1 Å². The fourth-order valence-corrected chi connectivity index (χ4v) is 4.94. The third-order valence-corrected chi connectivity index (χ3v) is 6.36. The molecular formula is C16H14N4O3S3. The summed E-state index contributed by atoms with van der Waals surface area (Å²) in [5, 5.41) is 9.69. The zero-order valence-electron chi connectivity index (χ0n) is 13.6. The number of aromatic nitrogens is 2. The standard InChI is InChI=1S/C16H14N4O3S3/c1-2-23-11-4-3-5-12-14(11)19-16(24-12)20-15-18-10-7-6-9(26(17,21)22)8-13(10)25-15/h3-8H,2H2,1H3,(H2,17,21,22)(H,18,19,20). The first-order valence-electron chi connectivity index (χ1n) is 7.67. The molecule has 134 valence electrons. The Labute approximate surface area is 157 Å². The summed E-state index contributed by atoms with van der Waals surface area (Å²) in [5.41, 5.74) is 1.50. The Bertz CT molecular complexity index is 1210. The second-order valence-corrected chi connectivity index (χ2v) is 9.00. The fraction of sp³-hybridized carbons (Fsp3) is 0.125. The number of hydrogen-bond acceptors (Lipinski definition) is 8. The number of nitrogens with zero attached hydrogens (tertiary/aromatic N) is 2. The van der Waals surface area contributed by atoms with Crippen LogP contribution in [0.15, 0.2) is 41.3 Å². The summed E-state index contributed by atoms with van der Waals surface area (Å²) in [4.78, 5) is 9.12. The van der Waals surface area contributed by atoms with E-state index in [9.17, 15) is 8.42 Å². The molecular weight excluding hydrogens is 392 g/mol. The summed E-state index contributed by atoms with van der Waals surface area (Å²) in [6.07, 6.45) is 0. The number of anilines is 2. The van der Waals surface area contributed by atoms with E-state index >= 15 is 0 Å². The van der Waals surface area contributed by atoms with Gasteiger partial charge in [0.05, 0.1) is 26.4 Å². The van der Waals surface area contributed by atoms with E-state index in [4.69, 9.17) is 9.88 Å². The predicted octanol–water partition coefficient (Wildman–Crippen LogP) is 3.70. The van der Waals surface area contributed by atoms with E-state index in [-0.39, 0.29) is 4.90 Å². The van der Waals surface area contributed by atoms with Gasteiger partial charge in [0.15, 0.2) is 10.3 Å². The van der Waals surface area contributed by atoms with Gasteiger partial charge >= 0.3 is 0 Å². The van der Waals surface area contributed by atoms with E-state index in [1.807, 2.05) is 25.1 Å². The van der Waals surface area contributed by atoms with Crippen molar-refractivity contribution in [3.8, 4) is 5.75 Å². The number of nitrogens with one attached hydrogen (secondary N) is 1. The molecule has 2 heterocycles. The maximum absolute atomic E-state index is 11.5. The molecule has 26 heavy (non-hydrogen) atoms. The molecule has 0 radical (unpaired) electrons. The average molecular weight is 407 g/mol. The normalized spacial score (nSPS) is 11.9. The minimum atomic E-state index is -3.74. The summed E-state index contributed by atoms with van der Waals surface area (Å²) < 4.78 is 30.3. The highest BCUT2D eigenvalue weighted by molar-refractivity contribution is 7.89. The topological polar surface area (TPSA) is 107 Å². The monoisotopic (exact) mass is 406 g/mol. The van der Waals surface area contributed by atoms with Crippen LogP contribution >= 0.6 is 22.7 Å². The zero-order chi connectivity index (χ0) is 18.3. The molecule has 2 aromatic carbocycles. The molecule has 0 aliphatic heterocycles. The number of sulfonamides is 1. The van der Waals surface area contributed by atoms with Gasteiger partial charge in [-0.1, -0.05) is 28.7 Å². The van der Waals surface area contributed by atoms with Crippen molar-refractivity contribution in [3.63, 3.8) is 0 Å². The first kappa shape index (κ1) is 17.2. The molecule has 10 heteroatoms. The Morgan fingerprint density at radius 1 is 1.12 bits per heavy atom. The van der Waals surface area contributed by atoms with Crippen LogP contribution < -0.4 is 15.2 Å². The van der Waals surface area contributed by atoms with E-state index in [2.05, 4.69) is 15.3 Å². The van der Waals surface area contributed by atoms with Crippen molar-refractivity contribution >= 4 is 63.4 Å². The lowest BCUT2D eigenvalue weighted by molar-refractivity contribution is 0.344. The van der Waals surface area contributed by atoms with Crippen molar-refractivity contribution in [2.24, 2.45) is 5.14 Å². The van der Waals surface area contributed by atoms with Crippen LogP contribution in [0.4, 0.5) is 10.3 Å². The molecule has 0 saturated heterocycles. The number of thiazole rings is 2. The summed E-state index contributed by atoms with van der Waals surface area (Å²) >= 11 is 2.84. The van der Waals surface area contributed by atoms with Crippen molar-refractivity contribution in [1.29, 1.82) is 0 Å². The molecule has 0 unspecified atom stereocenters. The van der Waals surface area contributed by atoms with Gasteiger partial charge in [-0.25, -0.2) is 23.5 Å². The van der Waals surface area contributed by atoms with Crippen LogP contribution in [0.25, 0.3) is 20.4 Å².